The van der Waals surface area contributed by atoms with E-state index in [1.807, 2.05) is 88.2 Å². The summed E-state index contributed by atoms with van der Waals surface area (Å²) in [7, 11) is 6.80. The van der Waals surface area contributed by atoms with Crippen molar-refractivity contribution in [1.82, 2.24) is 0 Å². The zero-order chi connectivity index (χ0) is 43.9. The molecule has 0 aliphatic carbocycles. The molecule has 5 aromatic carbocycles. The van der Waals surface area contributed by atoms with E-state index < -0.39 is 0 Å². The van der Waals surface area contributed by atoms with Crippen LogP contribution in [0.3, 0.4) is 0 Å². The minimum absolute atomic E-state index is 0.00812. The molecular weight excluding hydrogens is 815 g/mol. The molecule has 324 valence electrons. The van der Waals surface area contributed by atoms with Gasteiger partial charge in [-0.2, -0.15) is 11.8 Å². The molecule has 0 aromatic heterocycles. The van der Waals surface area contributed by atoms with Crippen molar-refractivity contribution >= 4 is 64.1 Å². The van der Waals surface area contributed by atoms with Crippen molar-refractivity contribution in [2.45, 2.75) is 52.0 Å². The molecule has 0 saturated heterocycles. The number of hydrogen-bond donors (Lipinski definition) is 1. The number of ether oxygens (including phenoxy) is 4. The van der Waals surface area contributed by atoms with Crippen LogP contribution in [0.15, 0.2) is 91.0 Å². The quantitative estimate of drug-likeness (QED) is 0.0930. The molecule has 0 bridgehead atoms. The van der Waals surface area contributed by atoms with Crippen LogP contribution in [-0.4, -0.2) is 87.0 Å². The fourth-order valence-electron chi connectivity index (χ4n) is 8.89. The zero-order valence-electron chi connectivity index (χ0n) is 36.4. The van der Waals surface area contributed by atoms with Gasteiger partial charge >= 0.3 is 0 Å². The van der Waals surface area contributed by atoms with E-state index in [1.165, 1.54) is 0 Å². The third-order valence-corrected chi connectivity index (χ3v) is 13.4. The smallest absolute Gasteiger partial charge is 0.260 e. The highest BCUT2D eigenvalue weighted by Gasteiger charge is 2.38. The zero-order valence-corrected chi connectivity index (χ0v) is 37.2. The van der Waals surface area contributed by atoms with Crippen LogP contribution in [0.2, 0.25) is 0 Å². The van der Waals surface area contributed by atoms with Crippen LogP contribution in [0, 0.1) is 5.92 Å². The molecule has 0 saturated carbocycles. The molecule has 4 heterocycles. The van der Waals surface area contributed by atoms with Crippen LogP contribution in [0.1, 0.15) is 56.8 Å². The molecule has 5 aromatic rings. The van der Waals surface area contributed by atoms with E-state index >= 15 is 0 Å². The summed E-state index contributed by atoms with van der Waals surface area (Å²) in [5.41, 5.74) is 8.72. The van der Waals surface area contributed by atoms with Crippen molar-refractivity contribution in [2.24, 2.45) is 5.92 Å². The Morgan fingerprint density at radius 3 is 2.08 bits per heavy atom. The van der Waals surface area contributed by atoms with Crippen LogP contribution in [-0.2, 0) is 30.8 Å². The number of methoxy groups -OCH3 is 2. The van der Waals surface area contributed by atoms with Gasteiger partial charge in [-0.25, -0.2) is 0 Å². The Morgan fingerprint density at radius 1 is 0.810 bits per heavy atom. The molecule has 1 N–H and O–H groups in total. The summed E-state index contributed by atoms with van der Waals surface area (Å²) >= 11 is 1.62. The number of carbonyl (C=O) groups excluding carboxylic acids is 3. The number of anilines is 4. The van der Waals surface area contributed by atoms with E-state index in [9.17, 15) is 14.4 Å². The summed E-state index contributed by atoms with van der Waals surface area (Å²) in [6.45, 7) is 5.13. The normalized spacial score (nSPS) is 17.0. The maximum absolute atomic E-state index is 14.2. The van der Waals surface area contributed by atoms with E-state index in [4.69, 9.17) is 18.9 Å². The van der Waals surface area contributed by atoms with Crippen molar-refractivity contribution in [2.75, 3.05) is 66.4 Å². The van der Waals surface area contributed by atoms with Crippen molar-refractivity contribution in [3.8, 4) is 23.0 Å². The Labute approximate surface area is 372 Å². The second kappa shape index (κ2) is 17.4. The summed E-state index contributed by atoms with van der Waals surface area (Å²) in [5, 5.41) is 3.51. The minimum atomic E-state index is -0.241. The molecule has 2 atom stereocenters. The fraction of sp³-hybridized carbons (Fsp3) is 0.320. The van der Waals surface area contributed by atoms with Crippen molar-refractivity contribution < 1.29 is 37.9 Å². The molecule has 13 heteroatoms. The number of thioether (sulfide) groups is 1. The Hall–Kier alpha value is -6.47. The summed E-state index contributed by atoms with van der Waals surface area (Å²) in [4.78, 5) is 47.1. The molecule has 9 rings (SSSR count). The number of carbonyl (C=O) groups is 3. The van der Waals surface area contributed by atoms with Gasteiger partial charge in [-0.1, -0.05) is 50.2 Å². The minimum Gasteiger partial charge on any atom is -0.493 e. The van der Waals surface area contributed by atoms with Gasteiger partial charge in [0.25, 0.3) is 5.91 Å². The summed E-state index contributed by atoms with van der Waals surface area (Å²) in [6.07, 6.45) is 4.96. The molecule has 4 aliphatic heterocycles. The molecule has 4 aliphatic rings. The summed E-state index contributed by atoms with van der Waals surface area (Å²) in [5.74, 6) is 3.25. The number of benzene rings is 5. The van der Waals surface area contributed by atoms with Gasteiger partial charge in [0.2, 0.25) is 11.8 Å². The van der Waals surface area contributed by atoms with Gasteiger partial charge in [0.05, 0.1) is 43.0 Å². The second-order valence-electron chi connectivity index (χ2n) is 16.8. The molecular formula is C50H51N5O7S. The van der Waals surface area contributed by atoms with E-state index in [2.05, 4.69) is 37.5 Å². The molecule has 63 heavy (non-hydrogen) atoms. The molecule has 0 fully saturated rings. The first-order valence-corrected chi connectivity index (χ1v) is 22.4. The molecule has 0 radical (unpaired) electrons. The van der Waals surface area contributed by atoms with E-state index in [-0.39, 0.29) is 43.0 Å². The lowest BCUT2D eigenvalue weighted by Gasteiger charge is -2.23. The lowest BCUT2D eigenvalue weighted by atomic mass is 10.1. The molecule has 0 unspecified atom stereocenters. The fourth-order valence-corrected chi connectivity index (χ4v) is 9.85. The van der Waals surface area contributed by atoms with E-state index in [0.717, 1.165) is 45.8 Å². The number of amides is 3. The predicted octanol–water partition coefficient (Wildman–Crippen LogP) is 8.02. The number of hydrogen-bond acceptors (Lipinski definition) is 9. The monoisotopic (exact) mass is 865 g/mol. The second-order valence-corrected chi connectivity index (χ2v) is 17.8. The number of fused-ring (bicyclic) bond motifs is 8. The van der Waals surface area contributed by atoms with Crippen molar-refractivity contribution in [1.29, 1.82) is 0 Å². The Balaban J connectivity index is 0.989. The average molecular weight is 866 g/mol. The van der Waals surface area contributed by atoms with Crippen molar-refractivity contribution in [3.05, 3.63) is 124 Å². The maximum atomic E-state index is 14.2. The molecule has 3 amide bonds. The van der Waals surface area contributed by atoms with E-state index in [0.29, 0.717) is 75.8 Å². The topological polar surface area (TPSA) is 113 Å². The van der Waals surface area contributed by atoms with Crippen molar-refractivity contribution in [3.63, 3.8) is 0 Å². The van der Waals surface area contributed by atoms with Crippen LogP contribution in [0.25, 0.3) is 0 Å². The Morgan fingerprint density at radius 2 is 1.41 bits per heavy atom. The van der Waals surface area contributed by atoms with Gasteiger partial charge in [-0.15, -0.1) is 0 Å². The highest BCUT2D eigenvalue weighted by molar-refractivity contribution is 7.99. The number of para-hydroxylation sites is 2. The van der Waals surface area contributed by atoms with Gasteiger partial charge in [0.1, 0.15) is 26.0 Å². The predicted molar refractivity (Wildman–Crippen MR) is 247 cm³/mol. The standard InChI is InChI=1S/C50H51N5O7S/c1-30(2)28-63-29-48(56)53(4)35-16-31(26-61-46-22-40-38(20-44(46)59-5)49(57)54-36(24-51-40)18-33-11-7-9-13-41(33)54)15-32(17-35)27-62-47-23-43-39(21-45(47)60-6)50(58)55-37(25-52(43)3)19-34-12-8-10-14-42(34)55/h7-17,20-23,30,36-37,51H,18-19,24,26-29H2,1-6H3/t36-,37-/m0/s1. The lowest BCUT2D eigenvalue weighted by molar-refractivity contribution is -0.401. The number of rotatable bonds is 13. The molecule has 12 nitrogen and oxygen atoms in total. The van der Waals surface area contributed by atoms with Crippen LogP contribution >= 0.6 is 11.8 Å². The Bertz CT molecular complexity index is 2660. The van der Waals surface area contributed by atoms with Gasteiger partial charge in [-0.05, 0) is 95.3 Å². The average Bonchev–Trinajstić information content (AvgIpc) is 3.79. The summed E-state index contributed by atoms with van der Waals surface area (Å²) in [6, 6.07) is 28.8. The maximum Gasteiger partial charge on any atom is 0.260 e. The van der Waals surface area contributed by atoms with Gasteiger partial charge in [0.15, 0.2) is 17.2 Å². The largest absolute Gasteiger partial charge is 0.493 e. The van der Waals surface area contributed by atoms with Gasteiger partial charge in [0, 0.05) is 54.5 Å². The third kappa shape index (κ3) is 8.06. The van der Waals surface area contributed by atoms with E-state index in [1.54, 1.807) is 50.1 Å². The number of nitrogens with one attached hydrogen (secondary N) is 1. The van der Waals surface area contributed by atoms with Crippen LogP contribution in [0.5, 0.6) is 23.0 Å². The SMILES string of the molecule is COc1cc2c(cc1OCc1cc(COc3cc4c(cc3OC)C(=O)N3c5ccccc5C[C@H]3[C-]=[N+]4C)cc(N(C)C(=O)CSCC(C)C)c1)NC[C@@H]1Cc3ccccc3N1C2=O. The lowest BCUT2D eigenvalue weighted by Crippen LogP contribution is -2.39. The summed E-state index contributed by atoms with van der Waals surface area (Å²) < 4.78 is 26.5. The van der Waals surface area contributed by atoms with Gasteiger partial charge in [-0.3, -0.25) is 14.4 Å². The highest BCUT2D eigenvalue weighted by Crippen LogP contribution is 2.43. The van der Waals surface area contributed by atoms with Crippen LogP contribution in [0.4, 0.5) is 28.4 Å². The van der Waals surface area contributed by atoms with Gasteiger partial charge < -0.3 is 43.5 Å². The third-order valence-electron chi connectivity index (χ3n) is 12.0. The molecule has 0 spiro atoms. The first kappa shape index (κ1) is 41.9. The first-order valence-electron chi connectivity index (χ1n) is 21.2. The Kier molecular flexibility index (Phi) is 11.5. The first-order chi connectivity index (χ1) is 30.5. The highest BCUT2D eigenvalue weighted by atomic mass is 32.2. The number of nitrogens with zero attached hydrogens (tertiary/aromatic N) is 4. The van der Waals surface area contributed by atoms with Crippen LogP contribution < -0.4 is 39.0 Å².